The van der Waals surface area contributed by atoms with E-state index < -0.39 is 12.7 Å². The van der Waals surface area contributed by atoms with Gasteiger partial charge >= 0.3 is 0 Å². The number of amides is 2. The van der Waals surface area contributed by atoms with Gasteiger partial charge in [0, 0.05) is 25.3 Å². The lowest BCUT2D eigenvalue weighted by molar-refractivity contribution is -0.137. The Labute approximate surface area is 129 Å². The molecule has 1 saturated heterocycles. The molecule has 5 nitrogen and oxygen atoms in total. The van der Waals surface area contributed by atoms with Crippen molar-refractivity contribution < 1.29 is 14.0 Å². The molecule has 1 atom stereocenters. The maximum absolute atomic E-state index is 12.3. The van der Waals surface area contributed by atoms with Crippen molar-refractivity contribution in [3.8, 4) is 0 Å². The third kappa shape index (κ3) is 4.99. The van der Waals surface area contributed by atoms with Gasteiger partial charge in [-0.2, -0.15) is 0 Å². The fourth-order valence-corrected chi connectivity index (χ4v) is 2.19. The summed E-state index contributed by atoms with van der Waals surface area (Å²) in [5, 5.41) is 5.73. The molecule has 21 heavy (non-hydrogen) atoms. The Morgan fingerprint density at radius 3 is 2.76 bits per heavy atom. The molecule has 1 aromatic rings. The third-order valence-corrected chi connectivity index (χ3v) is 3.18. The Bertz CT molecular complexity index is 471. The molecule has 0 saturated carbocycles. The van der Waals surface area contributed by atoms with Crippen LogP contribution in [-0.4, -0.2) is 49.1 Å². The fraction of sp³-hybridized carbons (Fsp3) is 0.429. The molecule has 116 valence electrons. The molecule has 0 radical (unpaired) electrons. The molecule has 2 N–H and O–H groups in total. The number of nitrogens with one attached hydrogen (secondary N) is 2. The van der Waals surface area contributed by atoms with Gasteiger partial charge in [0.05, 0.1) is 12.5 Å². The zero-order chi connectivity index (χ0) is 14.4. The number of nitrogens with zero attached hydrogens (tertiary/aromatic N) is 1. The van der Waals surface area contributed by atoms with E-state index in [4.69, 9.17) is 0 Å². The van der Waals surface area contributed by atoms with Crippen LogP contribution in [0.5, 0.6) is 0 Å². The normalized spacial score (nSPS) is 18.0. The molecule has 0 spiro atoms. The molecule has 0 aromatic heterocycles. The van der Waals surface area contributed by atoms with Crippen molar-refractivity contribution in [2.24, 2.45) is 0 Å². The summed E-state index contributed by atoms with van der Waals surface area (Å²) in [5.41, 5.74) is 0.696. The van der Waals surface area contributed by atoms with Crippen LogP contribution in [0.2, 0.25) is 0 Å². The summed E-state index contributed by atoms with van der Waals surface area (Å²) >= 11 is 0. The van der Waals surface area contributed by atoms with Crippen molar-refractivity contribution in [3.63, 3.8) is 0 Å². The number of para-hydroxylation sites is 1. The van der Waals surface area contributed by atoms with Crippen LogP contribution in [0.4, 0.5) is 10.1 Å². The fourth-order valence-electron chi connectivity index (χ4n) is 2.19. The molecule has 1 aliphatic heterocycles. The third-order valence-electron chi connectivity index (χ3n) is 3.18. The van der Waals surface area contributed by atoms with Crippen LogP contribution >= 0.6 is 12.4 Å². The first-order valence-corrected chi connectivity index (χ1v) is 6.63. The predicted molar refractivity (Wildman–Crippen MR) is 81.3 cm³/mol. The van der Waals surface area contributed by atoms with Gasteiger partial charge in [-0.15, -0.1) is 12.4 Å². The smallest absolute Gasteiger partial charge is 0.240 e. The number of halogens is 2. The van der Waals surface area contributed by atoms with Crippen LogP contribution in [0.1, 0.15) is 6.42 Å². The first-order chi connectivity index (χ1) is 9.70. The van der Waals surface area contributed by atoms with Gasteiger partial charge < -0.3 is 15.5 Å². The quantitative estimate of drug-likeness (QED) is 0.858. The molecule has 0 aliphatic carbocycles. The lowest BCUT2D eigenvalue weighted by Gasteiger charge is -2.32. The molecular formula is C14H19ClFN3O2. The van der Waals surface area contributed by atoms with Gasteiger partial charge in [-0.05, 0) is 12.1 Å². The lowest BCUT2D eigenvalue weighted by atomic mass is 10.1. The van der Waals surface area contributed by atoms with Crippen LogP contribution in [0.25, 0.3) is 0 Å². The summed E-state index contributed by atoms with van der Waals surface area (Å²) in [6.45, 7) is 0.598. The van der Waals surface area contributed by atoms with E-state index in [0.29, 0.717) is 18.8 Å². The standard InChI is InChI=1S/C14H18FN3O2.ClH/c15-6-8-18-9-7-16-12(14(18)20)10-13(19)17-11-4-2-1-3-5-11;/h1-5,12,16H,6-10H2,(H,17,19);1H. The first-order valence-electron chi connectivity index (χ1n) is 6.63. The summed E-state index contributed by atoms with van der Waals surface area (Å²) < 4.78 is 12.3. The lowest BCUT2D eigenvalue weighted by Crippen LogP contribution is -2.56. The number of piperazine rings is 1. The molecule has 2 amide bonds. The molecular weight excluding hydrogens is 297 g/mol. The monoisotopic (exact) mass is 315 g/mol. The number of rotatable bonds is 5. The topological polar surface area (TPSA) is 61.4 Å². The highest BCUT2D eigenvalue weighted by Gasteiger charge is 2.29. The number of alkyl halides is 1. The summed E-state index contributed by atoms with van der Waals surface area (Å²) in [7, 11) is 0. The zero-order valence-corrected chi connectivity index (χ0v) is 12.4. The molecule has 0 bridgehead atoms. The van der Waals surface area contributed by atoms with E-state index in [-0.39, 0.29) is 37.2 Å². The molecule has 2 rings (SSSR count). The van der Waals surface area contributed by atoms with E-state index in [1.807, 2.05) is 18.2 Å². The van der Waals surface area contributed by atoms with Gasteiger partial charge in [0.2, 0.25) is 11.8 Å². The molecule has 1 unspecified atom stereocenters. The number of hydrogen-bond donors (Lipinski definition) is 2. The van der Waals surface area contributed by atoms with Crippen LogP contribution in [-0.2, 0) is 9.59 Å². The average Bonchev–Trinajstić information content (AvgIpc) is 2.44. The largest absolute Gasteiger partial charge is 0.337 e. The minimum atomic E-state index is -0.570. The van der Waals surface area contributed by atoms with Crippen molar-refractivity contribution in [2.45, 2.75) is 12.5 Å². The Balaban J connectivity index is 0.00000220. The van der Waals surface area contributed by atoms with E-state index >= 15 is 0 Å². The average molecular weight is 316 g/mol. The van der Waals surface area contributed by atoms with Gasteiger partial charge in [-0.3, -0.25) is 9.59 Å². The van der Waals surface area contributed by atoms with Gasteiger partial charge in [0.1, 0.15) is 6.67 Å². The second-order valence-corrected chi connectivity index (χ2v) is 4.64. The van der Waals surface area contributed by atoms with Crippen LogP contribution in [0, 0.1) is 0 Å². The van der Waals surface area contributed by atoms with Gasteiger partial charge in [-0.1, -0.05) is 18.2 Å². The molecule has 1 aromatic carbocycles. The van der Waals surface area contributed by atoms with E-state index in [9.17, 15) is 14.0 Å². The van der Waals surface area contributed by atoms with Crippen molar-refractivity contribution in [2.75, 3.05) is 31.6 Å². The zero-order valence-electron chi connectivity index (χ0n) is 11.5. The second-order valence-electron chi connectivity index (χ2n) is 4.64. The molecule has 1 heterocycles. The van der Waals surface area contributed by atoms with E-state index in [1.165, 1.54) is 4.90 Å². The van der Waals surface area contributed by atoms with Gasteiger partial charge in [0.25, 0.3) is 0 Å². The number of carbonyl (C=O) groups is 2. The Kier molecular flexibility index (Phi) is 7.11. The van der Waals surface area contributed by atoms with Crippen LogP contribution in [0.15, 0.2) is 30.3 Å². The van der Waals surface area contributed by atoms with E-state index in [2.05, 4.69) is 10.6 Å². The molecule has 1 fully saturated rings. The highest BCUT2D eigenvalue weighted by atomic mass is 35.5. The summed E-state index contributed by atoms with van der Waals surface area (Å²) in [4.78, 5) is 25.4. The predicted octanol–water partition coefficient (Wildman–Crippen LogP) is 1.21. The number of hydrogen-bond acceptors (Lipinski definition) is 3. The van der Waals surface area contributed by atoms with E-state index in [0.717, 1.165) is 0 Å². The number of carbonyl (C=O) groups excluding carboxylic acids is 2. The maximum Gasteiger partial charge on any atom is 0.240 e. The second kappa shape index (κ2) is 8.59. The van der Waals surface area contributed by atoms with Gasteiger partial charge in [0.15, 0.2) is 0 Å². The number of benzene rings is 1. The number of anilines is 1. The molecule has 1 aliphatic rings. The Hall–Kier alpha value is -1.66. The van der Waals surface area contributed by atoms with E-state index in [1.54, 1.807) is 12.1 Å². The highest BCUT2D eigenvalue weighted by molar-refractivity contribution is 5.95. The summed E-state index contributed by atoms with van der Waals surface area (Å²) in [6.07, 6.45) is 0.0521. The Morgan fingerprint density at radius 2 is 2.10 bits per heavy atom. The van der Waals surface area contributed by atoms with Crippen LogP contribution < -0.4 is 10.6 Å². The SMILES string of the molecule is Cl.O=C(CC1NCCN(CCF)C1=O)Nc1ccccc1. The molecule has 7 heteroatoms. The van der Waals surface area contributed by atoms with Crippen molar-refractivity contribution in [1.82, 2.24) is 10.2 Å². The van der Waals surface area contributed by atoms with Gasteiger partial charge in [-0.25, -0.2) is 4.39 Å². The minimum Gasteiger partial charge on any atom is -0.337 e. The summed E-state index contributed by atoms with van der Waals surface area (Å²) in [5.74, 6) is -0.443. The van der Waals surface area contributed by atoms with Crippen molar-refractivity contribution in [3.05, 3.63) is 30.3 Å². The Morgan fingerprint density at radius 1 is 1.38 bits per heavy atom. The van der Waals surface area contributed by atoms with Crippen molar-refractivity contribution >= 4 is 29.9 Å². The summed E-state index contributed by atoms with van der Waals surface area (Å²) in [6, 6.07) is 8.49. The maximum atomic E-state index is 12.3. The van der Waals surface area contributed by atoms with Crippen molar-refractivity contribution in [1.29, 1.82) is 0 Å². The highest BCUT2D eigenvalue weighted by Crippen LogP contribution is 2.09. The first kappa shape index (κ1) is 17.4. The van der Waals surface area contributed by atoms with Crippen LogP contribution in [0.3, 0.4) is 0 Å². The minimum absolute atomic E-state index is 0.